The third kappa shape index (κ3) is 4.17. The summed E-state index contributed by atoms with van der Waals surface area (Å²) in [7, 11) is 0. The van der Waals surface area contributed by atoms with Gasteiger partial charge in [0, 0.05) is 5.92 Å². The molecule has 0 aliphatic heterocycles. The Kier molecular flexibility index (Phi) is 6.47. The lowest BCUT2D eigenvalue weighted by Crippen LogP contribution is -2.10. The Hall–Kier alpha value is -2.08. The number of rotatable bonds is 10. The van der Waals surface area contributed by atoms with E-state index in [9.17, 15) is 0 Å². The van der Waals surface area contributed by atoms with E-state index in [1.807, 2.05) is 0 Å². The van der Waals surface area contributed by atoms with E-state index in [2.05, 4.69) is 73.7 Å². The zero-order chi connectivity index (χ0) is 19.2. The van der Waals surface area contributed by atoms with Crippen LogP contribution in [0.2, 0.25) is 0 Å². The fraction of sp³-hybridized carbons (Fsp3) is 0.429. The molecule has 0 radical (unpaired) electrons. The van der Waals surface area contributed by atoms with Crippen LogP contribution in [-0.2, 0) is 0 Å². The number of fused-ring (bicyclic) bond motifs is 3. The molecular weight excluding hydrogens is 336 g/mol. The molecular formula is C28H34. The van der Waals surface area contributed by atoms with Crippen LogP contribution in [0.5, 0.6) is 0 Å². The van der Waals surface area contributed by atoms with Crippen LogP contribution in [0.4, 0.5) is 0 Å². The summed E-state index contributed by atoms with van der Waals surface area (Å²) >= 11 is 0. The molecule has 4 rings (SSSR count). The molecule has 0 aromatic heterocycles. The molecule has 1 atom stereocenters. The first-order valence-electron chi connectivity index (χ1n) is 11.4. The van der Waals surface area contributed by atoms with Crippen molar-refractivity contribution in [2.75, 3.05) is 0 Å². The predicted octanol–water partition coefficient (Wildman–Crippen LogP) is 8.44. The van der Waals surface area contributed by atoms with Crippen LogP contribution in [0.25, 0.3) is 11.1 Å². The smallest absolute Gasteiger partial charge is 0.0107 e. The number of benzene rings is 2. The van der Waals surface area contributed by atoms with Gasteiger partial charge in [-0.2, -0.15) is 0 Å². The van der Waals surface area contributed by atoms with Gasteiger partial charge in [0.15, 0.2) is 0 Å². The molecule has 2 aliphatic rings. The van der Waals surface area contributed by atoms with Gasteiger partial charge in [0.25, 0.3) is 0 Å². The number of hydrogen-bond acceptors (Lipinski definition) is 0. The van der Waals surface area contributed by atoms with Crippen molar-refractivity contribution in [2.45, 2.75) is 70.6 Å². The quantitative estimate of drug-likeness (QED) is 0.368. The van der Waals surface area contributed by atoms with Crippen molar-refractivity contribution in [1.29, 1.82) is 0 Å². The summed E-state index contributed by atoms with van der Waals surface area (Å²) < 4.78 is 0. The van der Waals surface area contributed by atoms with Gasteiger partial charge in [0.2, 0.25) is 0 Å². The molecule has 2 aromatic carbocycles. The molecule has 0 fully saturated rings. The van der Waals surface area contributed by atoms with Crippen molar-refractivity contribution in [3.8, 4) is 11.1 Å². The van der Waals surface area contributed by atoms with Gasteiger partial charge in [0.1, 0.15) is 0 Å². The van der Waals surface area contributed by atoms with Crippen LogP contribution >= 0.6 is 0 Å². The fourth-order valence-electron chi connectivity index (χ4n) is 5.19. The summed E-state index contributed by atoms with van der Waals surface area (Å²) in [6.07, 6.45) is 19.1. The molecule has 0 saturated carbocycles. The van der Waals surface area contributed by atoms with E-state index in [0.29, 0.717) is 11.8 Å². The van der Waals surface area contributed by atoms with Crippen LogP contribution in [0, 0.1) is 5.92 Å². The van der Waals surface area contributed by atoms with E-state index in [0.717, 1.165) is 6.42 Å². The van der Waals surface area contributed by atoms with E-state index in [1.54, 1.807) is 16.7 Å². The second kappa shape index (κ2) is 9.41. The summed E-state index contributed by atoms with van der Waals surface area (Å²) in [5.74, 6) is 1.27. The normalized spacial score (nSPS) is 16.1. The van der Waals surface area contributed by atoms with Crippen LogP contribution in [-0.4, -0.2) is 0 Å². The minimum atomic E-state index is 0.555. The van der Waals surface area contributed by atoms with E-state index < -0.39 is 0 Å². The minimum absolute atomic E-state index is 0.555. The van der Waals surface area contributed by atoms with Gasteiger partial charge in [-0.1, -0.05) is 118 Å². The van der Waals surface area contributed by atoms with Gasteiger partial charge in [-0.3, -0.25) is 0 Å². The average Bonchev–Trinajstić information content (AvgIpc) is 3.37. The van der Waals surface area contributed by atoms with Gasteiger partial charge in [-0.15, -0.1) is 0 Å². The van der Waals surface area contributed by atoms with Crippen molar-refractivity contribution >= 4 is 0 Å². The summed E-state index contributed by atoms with van der Waals surface area (Å²) in [6.45, 7) is 2.30. The van der Waals surface area contributed by atoms with E-state index in [-0.39, 0.29) is 0 Å². The SMILES string of the molecule is CCCCCCCCC(CC1c2ccccc2-c2ccccc21)C1=CC=CC1. The summed E-state index contributed by atoms with van der Waals surface area (Å²) in [6, 6.07) is 18.2. The molecule has 1 unspecified atom stereocenters. The van der Waals surface area contributed by atoms with Crippen molar-refractivity contribution in [1.82, 2.24) is 0 Å². The second-order valence-electron chi connectivity index (χ2n) is 8.59. The van der Waals surface area contributed by atoms with Gasteiger partial charge < -0.3 is 0 Å². The summed E-state index contributed by atoms with van der Waals surface area (Å²) in [4.78, 5) is 0. The van der Waals surface area contributed by atoms with Crippen LogP contribution in [0.1, 0.15) is 81.8 Å². The Balaban J connectivity index is 1.49. The molecule has 0 heteroatoms. The minimum Gasteiger partial charge on any atom is -0.0805 e. The number of allylic oxidation sites excluding steroid dienone is 4. The van der Waals surface area contributed by atoms with Crippen molar-refractivity contribution < 1.29 is 0 Å². The first kappa shape index (κ1) is 19.2. The fourth-order valence-corrected chi connectivity index (χ4v) is 5.19. The third-order valence-electron chi connectivity index (χ3n) is 6.71. The Morgan fingerprint density at radius 3 is 2.11 bits per heavy atom. The van der Waals surface area contributed by atoms with Gasteiger partial charge in [-0.05, 0) is 47.4 Å². The Morgan fingerprint density at radius 2 is 1.46 bits per heavy atom. The first-order chi connectivity index (χ1) is 13.9. The predicted molar refractivity (Wildman–Crippen MR) is 122 cm³/mol. The maximum Gasteiger partial charge on any atom is 0.0107 e. The molecule has 0 N–H and O–H groups in total. The van der Waals surface area contributed by atoms with Gasteiger partial charge >= 0.3 is 0 Å². The lowest BCUT2D eigenvalue weighted by molar-refractivity contribution is 0.454. The molecule has 2 aromatic rings. The lowest BCUT2D eigenvalue weighted by Gasteiger charge is -2.24. The van der Waals surface area contributed by atoms with Crippen molar-refractivity contribution in [3.63, 3.8) is 0 Å². The Morgan fingerprint density at radius 1 is 0.821 bits per heavy atom. The van der Waals surface area contributed by atoms with Crippen molar-refractivity contribution in [2.24, 2.45) is 5.92 Å². The molecule has 0 heterocycles. The average molecular weight is 371 g/mol. The van der Waals surface area contributed by atoms with Crippen LogP contribution in [0.15, 0.2) is 72.3 Å². The van der Waals surface area contributed by atoms with Crippen LogP contribution in [0.3, 0.4) is 0 Å². The Bertz CT molecular complexity index is 793. The highest BCUT2D eigenvalue weighted by Crippen LogP contribution is 2.48. The number of hydrogen-bond donors (Lipinski definition) is 0. The highest BCUT2D eigenvalue weighted by Gasteiger charge is 2.30. The maximum atomic E-state index is 2.40. The monoisotopic (exact) mass is 370 g/mol. The van der Waals surface area contributed by atoms with Gasteiger partial charge in [-0.25, -0.2) is 0 Å². The van der Waals surface area contributed by atoms with E-state index in [4.69, 9.17) is 0 Å². The standard InChI is InChI=1S/C28H34/c1-2-3-4-5-6-7-16-23(22-14-8-9-15-22)21-28-26-19-12-10-17-24(26)25-18-11-13-20-27(25)28/h8-14,17-20,23,28H,2-7,15-16,21H2,1H3. The first-order valence-corrected chi connectivity index (χ1v) is 11.4. The molecule has 0 amide bonds. The zero-order valence-electron chi connectivity index (χ0n) is 17.4. The topological polar surface area (TPSA) is 0 Å². The largest absolute Gasteiger partial charge is 0.0805 e. The maximum absolute atomic E-state index is 2.40. The third-order valence-corrected chi connectivity index (χ3v) is 6.71. The summed E-state index contributed by atoms with van der Waals surface area (Å²) in [5.41, 5.74) is 7.67. The molecule has 0 spiro atoms. The zero-order valence-corrected chi connectivity index (χ0v) is 17.4. The highest BCUT2D eigenvalue weighted by atomic mass is 14.3. The second-order valence-corrected chi connectivity index (χ2v) is 8.59. The molecule has 28 heavy (non-hydrogen) atoms. The van der Waals surface area contributed by atoms with E-state index in [1.165, 1.54) is 62.5 Å². The lowest BCUT2D eigenvalue weighted by atomic mass is 9.80. The summed E-state index contributed by atoms with van der Waals surface area (Å²) in [5, 5.41) is 0. The van der Waals surface area contributed by atoms with E-state index >= 15 is 0 Å². The molecule has 146 valence electrons. The highest BCUT2D eigenvalue weighted by molar-refractivity contribution is 5.78. The Labute approximate surface area is 171 Å². The number of unbranched alkanes of at least 4 members (excludes halogenated alkanes) is 5. The van der Waals surface area contributed by atoms with Gasteiger partial charge in [0.05, 0.1) is 0 Å². The van der Waals surface area contributed by atoms with Crippen LogP contribution < -0.4 is 0 Å². The molecule has 0 nitrogen and oxygen atoms in total. The molecule has 2 aliphatic carbocycles. The molecule has 0 saturated heterocycles. The molecule has 0 bridgehead atoms. The van der Waals surface area contributed by atoms with Crippen molar-refractivity contribution in [3.05, 3.63) is 83.5 Å².